The molecule has 1 aliphatic heterocycles. The van der Waals surface area contributed by atoms with Crippen LogP contribution >= 0.6 is 23.8 Å². The van der Waals surface area contributed by atoms with E-state index in [-0.39, 0.29) is 11.8 Å². The Hall–Kier alpha value is -2.55. The summed E-state index contributed by atoms with van der Waals surface area (Å²) >= 11 is 11.6. The van der Waals surface area contributed by atoms with Gasteiger partial charge in [-0.15, -0.1) is 0 Å². The number of aromatic nitrogens is 4. The third-order valence-electron chi connectivity index (χ3n) is 5.49. The van der Waals surface area contributed by atoms with Crippen molar-refractivity contribution in [3.63, 3.8) is 0 Å². The molecule has 0 unspecified atom stereocenters. The fourth-order valence-electron chi connectivity index (χ4n) is 3.86. The summed E-state index contributed by atoms with van der Waals surface area (Å²) in [5, 5.41) is 8.37. The molecule has 2 aromatic heterocycles. The van der Waals surface area contributed by atoms with E-state index in [9.17, 15) is 4.79 Å². The van der Waals surface area contributed by atoms with Gasteiger partial charge in [-0.2, -0.15) is 5.10 Å². The zero-order valence-electron chi connectivity index (χ0n) is 17.6. The predicted octanol–water partition coefficient (Wildman–Crippen LogP) is 4.28. The number of likely N-dealkylation sites (tertiary alicyclic amines) is 1. The summed E-state index contributed by atoms with van der Waals surface area (Å²) in [7, 11) is 1.91. The van der Waals surface area contributed by atoms with Crippen molar-refractivity contribution >= 4 is 35.5 Å². The van der Waals surface area contributed by atoms with E-state index in [1.165, 1.54) is 0 Å². The quantitative estimate of drug-likeness (QED) is 0.580. The van der Waals surface area contributed by atoms with E-state index in [0.29, 0.717) is 28.8 Å². The van der Waals surface area contributed by atoms with Crippen LogP contribution in [0.2, 0.25) is 5.02 Å². The molecule has 9 heteroatoms. The van der Waals surface area contributed by atoms with Gasteiger partial charge in [-0.1, -0.05) is 17.7 Å². The highest BCUT2D eigenvalue weighted by Crippen LogP contribution is 2.22. The number of amides is 1. The number of hydrogen-bond acceptors (Lipinski definition) is 5. The fourth-order valence-corrected chi connectivity index (χ4v) is 4.17. The van der Waals surface area contributed by atoms with Gasteiger partial charge in [0, 0.05) is 29.9 Å². The summed E-state index contributed by atoms with van der Waals surface area (Å²) in [5.74, 6) is 1.30. The van der Waals surface area contributed by atoms with Crippen molar-refractivity contribution < 1.29 is 4.79 Å². The summed E-state index contributed by atoms with van der Waals surface area (Å²) in [5.41, 5.74) is 1.84. The third-order valence-corrected chi connectivity index (χ3v) is 6.23. The number of carbonyl (C=O) groups is 1. The Bertz CT molecular complexity index is 1140. The van der Waals surface area contributed by atoms with Gasteiger partial charge >= 0.3 is 0 Å². The molecule has 1 saturated heterocycles. The minimum Gasteiger partial charge on any atom is -0.310 e. The SMILES string of the molecule is Cc1cccc(NC(=O)[C@H]2CCCN(Cn3nc(-c4ccc(Cl)cc4)n(C)c3=S)C2)n1. The van der Waals surface area contributed by atoms with E-state index >= 15 is 0 Å². The van der Waals surface area contributed by atoms with Gasteiger partial charge < -0.3 is 9.88 Å². The maximum absolute atomic E-state index is 12.8. The lowest BCUT2D eigenvalue weighted by Crippen LogP contribution is -2.41. The first kappa shape index (κ1) is 21.7. The smallest absolute Gasteiger partial charge is 0.229 e. The van der Waals surface area contributed by atoms with Crippen LogP contribution in [0, 0.1) is 17.6 Å². The Morgan fingerprint density at radius 3 is 2.77 bits per heavy atom. The van der Waals surface area contributed by atoms with Gasteiger partial charge in [-0.05, 0) is 74.9 Å². The lowest BCUT2D eigenvalue weighted by molar-refractivity contribution is -0.121. The Labute approximate surface area is 191 Å². The highest BCUT2D eigenvalue weighted by atomic mass is 35.5. The zero-order chi connectivity index (χ0) is 22.0. The second-order valence-corrected chi connectivity index (χ2v) is 8.68. The first-order chi connectivity index (χ1) is 14.9. The van der Waals surface area contributed by atoms with Crippen LogP contribution in [0.4, 0.5) is 5.82 Å². The number of aryl methyl sites for hydroxylation is 1. The number of nitrogens with one attached hydrogen (secondary N) is 1. The van der Waals surface area contributed by atoms with Gasteiger partial charge in [0.05, 0.1) is 12.6 Å². The van der Waals surface area contributed by atoms with E-state index in [1.807, 2.05) is 65.7 Å². The number of piperidine rings is 1. The average Bonchev–Trinajstić information content (AvgIpc) is 3.03. The number of halogens is 1. The zero-order valence-corrected chi connectivity index (χ0v) is 19.2. The van der Waals surface area contributed by atoms with E-state index in [4.69, 9.17) is 28.9 Å². The average molecular weight is 457 g/mol. The Balaban J connectivity index is 1.45. The first-order valence-corrected chi connectivity index (χ1v) is 11.1. The highest BCUT2D eigenvalue weighted by molar-refractivity contribution is 7.71. The Morgan fingerprint density at radius 1 is 1.26 bits per heavy atom. The predicted molar refractivity (Wildman–Crippen MR) is 124 cm³/mol. The van der Waals surface area contributed by atoms with Gasteiger partial charge in [0.25, 0.3) is 0 Å². The summed E-state index contributed by atoms with van der Waals surface area (Å²) < 4.78 is 4.36. The number of carbonyl (C=O) groups excluding carboxylic acids is 1. The van der Waals surface area contributed by atoms with Crippen molar-refractivity contribution in [2.24, 2.45) is 13.0 Å². The Morgan fingerprint density at radius 2 is 2.03 bits per heavy atom. The molecule has 1 atom stereocenters. The monoisotopic (exact) mass is 456 g/mol. The second-order valence-electron chi connectivity index (χ2n) is 7.88. The number of rotatable bonds is 5. The molecule has 1 amide bonds. The molecule has 0 spiro atoms. The molecule has 7 nitrogen and oxygen atoms in total. The van der Waals surface area contributed by atoms with Crippen LogP contribution in [0.25, 0.3) is 11.4 Å². The minimum absolute atomic E-state index is 0.00858. The molecule has 1 aliphatic rings. The molecular weight excluding hydrogens is 432 g/mol. The van der Waals surface area contributed by atoms with Crippen LogP contribution in [0.5, 0.6) is 0 Å². The van der Waals surface area contributed by atoms with Crippen LogP contribution in [0.15, 0.2) is 42.5 Å². The number of nitrogens with zero attached hydrogens (tertiary/aromatic N) is 5. The van der Waals surface area contributed by atoms with Crippen LogP contribution in [0.1, 0.15) is 18.5 Å². The van der Waals surface area contributed by atoms with Crippen molar-refractivity contribution in [1.82, 2.24) is 24.2 Å². The number of benzene rings is 1. The lowest BCUT2D eigenvalue weighted by Gasteiger charge is -2.31. The van der Waals surface area contributed by atoms with Crippen LogP contribution in [-0.2, 0) is 18.5 Å². The fraction of sp³-hybridized carbons (Fsp3) is 0.364. The Kier molecular flexibility index (Phi) is 6.50. The van der Waals surface area contributed by atoms with Crippen molar-refractivity contribution in [3.05, 3.63) is 58.0 Å². The van der Waals surface area contributed by atoms with Crippen LogP contribution in [-0.4, -0.2) is 43.2 Å². The van der Waals surface area contributed by atoms with E-state index in [2.05, 4.69) is 15.2 Å². The highest BCUT2D eigenvalue weighted by Gasteiger charge is 2.27. The molecular formula is C22H25ClN6OS. The summed E-state index contributed by atoms with van der Waals surface area (Å²) in [6.45, 7) is 4.02. The van der Waals surface area contributed by atoms with E-state index in [0.717, 1.165) is 36.5 Å². The molecule has 0 aliphatic carbocycles. The molecule has 1 N–H and O–H groups in total. The maximum Gasteiger partial charge on any atom is 0.229 e. The third kappa shape index (κ3) is 5.03. The molecule has 0 radical (unpaired) electrons. The molecule has 4 rings (SSSR count). The van der Waals surface area contributed by atoms with Crippen molar-refractivity contribution in [2.45, 2.75) is 26.4 Å². The molecule has 3 aromatic rings. The maximum atomic E-state index is 12.8. The van der Waals surface area contributed by atoms with Crippen molar-refractivity contribution in [2.75, 3.05) is 18.4 Å². The molecule has 1 fully saturated rings. The van der Waals surface area contributed by atoms with Crippen molar-refractivity contribution in [1.29, 1.82) is 0 Å². The number of hydrogen-bond donors (Lipinski definition) is 1. The lowest BCUT2D eigenvalue weighted by atomic mass is 9.97. The number of pyridine rings is 1. The van der Waals surface area contributed by atoms with Gasteiger partial charge in [-0.25, -0.2) is 9.67 Å². The van der Waals surface area contributed by atoms with E-state index in [1.54, 1.807) is 0 Å². The number of anilines is 1. The molecule has 3 heterocycles. The first-order valence-electron chi connectivity index (χ1n) is 10.3. The van der Waals surface area contributed by atoms with Gasteiger partial charge in [0.1, 0.15) is 5.82 Å². The largest absolute Gasteiger partial charge is 0.310 e. The van der Waals surface area contributed by atoms with Gasteiger partial charge in [0.15, 0.2) is 10.6 Å². The minimum atomic E-state index is -0.0929. The topological polar surface area (TPSA) is 68.0 Å². The summed E-state index contributed by atoms with van der Waals surface area (Å²) in [4.78, 5) is 19.4. The standard InChI is InChI=1S/C22H25ClN6OS/c1-15-5-3-7-19(24-15)25-21(30)17-6-4-12-28(13-17)14-29-22(31)27(2)20(26-29)16-8-10-18(23)11-9-16/h3,5,7-11,17H,4,6,12-14H2,1-2H3,(H,24,25,30)/t17-/m0/s1. The van der Waals surface area contributed by atoms with Gasteiger partial charge in [-0.3, -0.25) is 9.69 Å². The second kappa shape index (κ2) is 9.30. The van der Waals surface area contributed by atoms with Crippen LogP contribution in [0.3, 0.4) is 0 Å². The van der Waals surface area contributed by atoms with E-state index < -0.39 is 0 Å². The van der Waals surface area contributed by atoms with Crippen LogP contribution < -0.4 is 5.32 Å². The molecule has 1 aromatic carbocycles. The normalized spacial score (nSPS) is 16.9. The summed E-state index contributed by atoms with van der Waals surface area (Å²) in [6, 6.07) is 13.2. The molecule has 0 saturated carbocycles. The van der Waals surface area contributed by atoms with Crippen molar-refractivity contribution in [3.8, 4) is 11.4 Å². The summed E-state index contributed by atoms with van der Waals surface area (Å²) in [6.07, 6.45) is 1.81. The molecule has 31 heavy (non-hydrogen) atoms. The molecule has 162 valence electrons. The van der Waals surface area contributed by atoms with Gasteiger partial charge in [0.2, 0.25) is 5.91 Å². The molecule has 0 bridgehead atoms.